The lowest BCUT2D eigenvalue weighted by Crippen LogP contribution is -2.41. The van der Waals surface area contributed by atoms with Crippen LogP contribution < -0.4 is 5.32 Å². The molecular weight excluding hydrogens is 260 g/mol. The Morgan fingerprint density at radius 3 is 2.82 bits per heavy atom. The molecule has 0 radical (unpaired) electrons. The van der Waals surface area contributed by atoms with E-state index < -0.39 is 12.0 Å². The van der Waals surface area contributed by atoms with Crippen molar-refractivity contribution < 1.29 is 14.7 Å². The molecule has 0 fully saturated rings. The van der Waals surface area contributed by atoms with Crippen molar-refractivity contribution in [3.05, 3.63) is 16.1 Å². The molecule has 17 heavy (non-hydrogen) atoms. The number of rotatable bonds is 6. The van der Waals surface area contributed by atoms with E-state index in [1.165, 1.54) is 18.7 Å². The lowest BCUT2D eigenvalue weighted by molar-refractivity contribution is -0.140. The number of amides is 1. The van der Waals surface area contributed by atoms with Gasteiger partial charge in [-0.05, 0) is 6.92 Å². The Kier molecular flexibility index (Phi) is 5.43. The number of thiazole rings is 1. The zero-order chi connectivity index (χ0) is 12.8. The van der Waals surface area contributed by atoms with Crippen LogP contribution in [0.2, 0.25) is 0 Å². The smallest absolute Gasteiger partial charge is 0.327 e. The number of aryl methyl sites for hydroxylation is 1. The van der Waals surface area contributed by atoms with Gasteiger partial charge in [-0.25, -0.2) is 9.78 Å². The summed E-state index contributed by atoms with van der Waals surface area (Å²) in [4.78, 5) is 26.9. The molecule has 0 aliphatic rings. The van der Waals surface area contributed by atoms with Crippen molar-refractivity contribution in [3.63, 3.8) is 0 Å². The van der Waals surface area contributed by atoms with E-state index in [2.05, 4.69) is 10.3 Å². The molecule has 1 rings (SSSR count). The number of aliphatic carboxylic acids is 1. The van der Waals surface area contributed by atoms with Crippen LogP contribution in [-0.4, -0.2) is 33.8 Å². The highest BCUT2D eigenvalue weighted by Gasteiger charge is 2.18. The van der Waals surface area contributed by atoms with Gasteiger partial charge in [0.05, 0.1) is 5.01 Å². The Morgan fingerprint density at radius 2 is 2.35 bits per heavy atom. The normalized spacial score (nSPS) is 12.1. The number of nitrogens with one attached hydrogen (secondary N) is 1. The highest BCUT2D eigenvalue weighted by Crippen LogP contribution is 2.19. The molecule has 0 aromatic carbocycles. The van der Waals surface area contributed by atoms with Gasteiger partial charge in [0, 0.05) is 29.5 Å². The second-order valence-corrected chi connectivity index (χ2v) is 5.80. The van der Waals surface area contributed by atoms with E-state index in [0.29, 0.717) is 5.75 Å². The van der Waals surface area contributed by atoms with Gasteiger partial charge in [0.1, 0.15) is 6.04 Å². The summed E-state index contributed by atoms with van der Waals surface area (Å²) in [6.45, 7) is 3.24. The maximum atomic E-state index is 10.8. The molecule has 0 aliphatic carbocycles. The summed E-state index contributed by atoms with van der Waals surface area (Å²) in [6.07, 6.45) is 1.79. The first kappa shape index (κ1) is 14.0. The van der Waals surface area contributed by atoms with Crippen LogP contribution in [-0.2, 0) is 15.3 Å². The molecule has 0 aliphatic heterocycles. The van der Waals surface area contributed by atoms with Crippen LogP contribution in [0.5, 0.6) is 0 Å². The number of carbonyl (C=O) groups is 2. The van der Waals surface area contributed by atoms with E-state index in [-0.39, 0.29) is 5.91 Å². The average Bonchev–Trinajstić information content (AvgIpc) is 2.62. The molecule has 1 amide bonds. The first-order chi connectivity index (χ1) is 7.99. The largest absolute Gasteiger partial charge is 0.480 e. The van der Waals surface area contributed by atoms with Crippen molar-refractivity contribution in [1.82, 2.24) is 10.3 Å². The van der Waals surface area contributed by atoms with Crippen LogP contribution >= 0.6 is 23.1 Å². The van der Waals surface area contributed by atoms with E-state index in [4.69, 9.17) is 5.11 Å². The second-order valence-electron chi connectivity index (χ2n) is 3.45. The van der Waals surface area contributed by atoms with Gasteiger partial charge >= 0.3 is 5.97 Å². The number of hydrogen-bond donors (Lipinski definition) is 2. The zero-order valence-electron chi connectivity index (χ0n) is 9.60. The standard InChI is InChI=1S/C10H14N2O3S2/c1-6(13)12-9(10(14)15)5-16-4-8-3-11-7(2)17-8/h3,9H,4-5H2,1-2H3,(H,12,13)(H,14,15). The fourth-order valence-electron chi connectivity index (χ4n) is 1.17. The number of carboxylic acid groups (broad SMARTS) is 1. The lowest BCUT2D eigenvalue weighted by atomic mass is 10.3. The number of thioether (sulfide) groups is 1. The molecule has 0 saturated heterocycles. The van der Waals surface area contributed by atoms with Crippen LogP contribution in [0.4, 0.5) is 0 Å². The highest BCUT2D eigenvalue weighted by molar-refractivity contribution is 7.98. The summed E-state index contributed by atoms with van der Waals surface area (Å²) in [6, 6.07) is -0.827. The quantitative estimate of drug-likeness (QED) is 0.816. The van der Waals surface area contributed by atoms with Gasteiger partial charge in [0.25, 0.3) is 0 Å². The molecule has 2 N–H and O–H groups in total. The molecule has 5 nitrogen and oxygen atoms in total. The number of nitrogens with zero attached hydrogens (tertiary/aromatic N) is 1. The number of carboxylic acids is 1. The molecule has 0 saturated carbocycles. The maximum absolute atomic E-state index is 10.8. The Labute approximate surface area is 108 Å². The monoisotopic (exact) mass is 274 g/mol. The summed E-state index contributed by atoms with van der Waals surface area (Å²) >= 11 is 3.07. The fraction of sp³-hybridized carbons (Fsp3) is 0.500. The van der Waals surface area contributed by atoms with Crippen molar-refractivity contribution in [2.45, 2.75) is 25.6 Å². The molecule has 0 spiro atoms. The summed E-state index contributed by atoms with van der Waals surface area (Å²) in [7, 11) is 0. The lowest BCUT2D eigenvalue weighted by Gasteiger charge is -2.11. The number of hydrogen-bond acceptors (Lipinski definition) is 5. The molecule has 1 aromatic rings. The van der Waals surface area contributed by atoms with Crippen molar-refractivity contribution in [2.75, 3.05) is 5.75 Å². The molecule has 1 aromatic heterocycles. The third-order valence-corrected chi connectivity index (χ3v) is 4.05. The maximum Gasteiger partial charge on any atom is 0.327 e. The Bertz CT molecular complexity index is 406. The highest BCUT2D eigenvalue weighted by atomic mass is 32.2. The SMILES string of the molecule is CC(=O)NC(CSCc1cnc(C)s1)C(=O)O. The Morgan fingerprint density at radius 1 is 1.65 bits per heavy atom. The van der Waals surface area contributed by atoms with Gasteiger partial charge in [-0.2, -0.15) is 11.8 Å². The number of carbonyl (C=O) groups excluding carboxylic acids is 1. The van der Waals surface area contributed by atoms with Gasteiger partial charge in [0.2, 0.25) is 5.91 Å². The first-order valence-electron chi connectivity index (χ1n) is 4.98. The molecule has 1 unspecified atom stereocenters. The topological polar surface area (TPSA) is 79.3 Å². The van der Waals surface area contributed by atoms with Crippen molar-refractivity contribution in [1.29, 1.82) is 0 Å². The van der Waals surface area contributed by atoms with E-state index in [0.717, 1.165) is 15.6 Å². The van der Waals surface area contributed by atoms with Crippen molar-refractivity contribution >= 4 is 35.0 Å². The molecule has 7 heteroatoms. The predicted octanol–water partition coefficient (Wildman–Crippen LogP) is 1.27. The summed E-state index contributed by atoms with van der Waals surface area (Å²) in [5.41, 5.74) is 0. The van der Waals surface area contributed by atoms with Crippen molar-refractivity contribution in [3.8, 4) is 0 Å². The van der Waals surface area contributed by atoms with Crippen LogP contribution in [0.15, 0.2) is 6.20 Å². The molecule has 1 atom stereocenters. The van der Waals surface area contributed by atoms with Gasteiger partial charge < -0.3 is 10.4 Å². The van der Waals surface area contributed by atoms with Crippen molar-refractivity contribution in [2.24, 2.45) is 0 Å². The minimum atomic E-state index is -1.01. The van der Waals surface area contributed by atoms with Crippen LogP contribution in [0, 0.1) is 6.92 Å². The summed E-state index contributed by atoms with van der Waals surface area (Å²) in [5, 5.41) is 12.3. The second kappa shape index (κ2) is 6.61. The molecular formula is C10H14N2O3S2. The summed E-state index contributed by atoms with van der Waals surface area (Å²) in [5.74, 6) is -0.263. The minimum absolute atomic E-state index is 0.327. The van der Waals surface area contributed by atoms with Crippen LogP contribution in [0.1, 0.15) is 16.8 Å². The third kappa shape index (κ3) is 5.18. The van der Waals surface area contributed by atoms with Gasteiger partial charge in [-0.1, -0.05) is 0 Å². The van der Waals surface area contributed by atoms with E-state index in [1.807, 2.05) is 6.92 Å². The van der Waals surface area contributed by atoms with Crippen LogP contribution in [0.25, 0.3) is 0 Å². The Balaban J connectivity index is 2.37. The zero-order valence-corrected chi connectivity index (χ0v) is 11.2. The summed E-state index contributed by atoms with van der Waals surface area (Å²) < 4.78 is 0. The van der Waals surface area contributed by atoms with E-state index >= 15 is 0 Å². The minimum Gasteiger partial charge on any atom is -0.480 e. The van der Waals surface area contributed by atoms with Gasteiger partial charge in [-0.3, -0.25) is 4.79 Å². The Hall–Kier alpha value is -1.08. The van der Waals surface area contributed by atoms with Crippen LogP contribution in [0.3, 0.4) is 0 Å². The van der Waals surface area contributed by atoms with E-state index in [9.17, 15) is 9.59 Å². The van der Waals surface area contributed by atoms with Gasteiger partial charge in [0.15, 0.2) is 0 Å². The number of aromatic nitrogens is 1. The van der Waals surface area contributed by atoms with E-state index in [1.54, 1.807) is 17.5 Å². The van der Waals surface area contributed by atoms with Gasteiger partial charge in [-0.15, -0.1) is 11.3 Å². The average molecular weight is 274 g/mol. The predicted molar refractivity (Wildman–Crippen MR) is 68.3 cm³/mol. The third-order valence-electron chi connectivity index (χ3n) is 1.87. The molecule has 1 heterocycles. The molecule has 94 valence electrons. The molecule has 0 bridgehead atoms. The first-order valence-corrected chi connectivity index (χ1v) is 6.95. The fourth-order valence-corrected chi connectivity index (χ4v) is 3.10.